The quantitative estimate of drug-likeness (QED) is 0.923. The molecule has 0 radical (unpaired) electrons. The molecule has 1 unspecified atom stereocenters. The van der Waals surface area contributed by atoms with E-state index in [-0.39, 0.29) is 12.1 Å². The molecule has 1 aliphatic rings. The normalized spacial score (nSPS) is 15.8. The average molecular weight is 345 g/mol. The van der Waals surface area contributed by atoms with Crippen molar-refractivity contribution in [3.8, 4) is 0 Å². The van der Waals surface area contributed by atoms with Gasteiger partial charge in [0.2, 0.25) is 0 Å². The third-order valence-corrected chi connectivity index (χ3v) is 4.47. The first-order chi connectivity index (χ1) is 12.0. The molecule has 25 heavy (non-hydrogen) atoms. The van der Waals surface area contributed by atoms with Gasteiger partial charge in [0.25, 0.3) is 0 Å². The van der Waals surface area contributed by atoms with Gasteiger partial charge in [-0.25, -0.2) is 13.6 Å². The molecule has 1 fully saturated rings. The first-order valence-corrected chi connectivity index (χ1v) is 8.35. The largest absolute Gasteiger partial charge is 0.368 e. The summed E-state index contributed by atoms with van der Waals surface area (Å²) < 4.78 is 26.4. The van der Waals surface area contributed by atoms with Crippen molar-refractivity contribution < 1.29 is 13.6 Å². The van der Waals surface area contributed by atoms with Crippen LogP contribution in [0.5, 0.6) is 0 Å². The van der Waals surface area contributed by atoms with Crippen LogP contribution >= 0.6 is 0 Å². The standard InChI is InChI=1S/C19H21F2N3O/c1-14(15-5-3-2-4-6-15)22-19(25)24-11-9-23(10-12-24)16-7-8-17(20)18(21)13-16/h2-8,13-14H,9-12H2,1H3,(H,22,25). The molecule has 0 spiro atoms. The second-order valence-corrected chi connectivity index (χ2v) is 6.15. The fourth-order valence-electron chi connectivity index (χ4n) is 2.95. The fraction of sp³-hybridized carbons (Fsp3) is 0.316. The average Bonchev–Trinajstić information content (AvgIpc) is 2.65. The topological polar surface area (TPSA) is 35.6 Å². The lowest BCUT2D eigenvalue weighted by molar-refractivity contribution is 0.191. The number of piperazine rings is 1. The highest BCUT2D eigenvalue weighted by molar-refractivity contribution is 5.75. The highest BCUT2D eigenvalue weighted by Crippen LogP contribution is 2.20. The van der Waals surface area contributed by atoms with Gasteiger partial charge in [-0.05, 0) is 24.6 Å². The Morgan fingerprint density at radius 1 is 1.00 bits per heavy atom. The third kappa shape index (κ3) is 4.07. The smallest absolute Gasteiger partial charge is 0.317 e. The van der Waals surface area contributed by atoms with Gasteiger partial charge in [-0.2, -0.15) is 0 Å². The number of amides is 2. The highest BCUT2D eigenvalue weighted by Gasteiger charge is 2.23. The van der Waals surface area contributed by atoms with Gasteiger partial charge in [0.1, 0.15) is 0 Å². The van der Waals surface area contributed by atoms with Crippen molar-refractivity contribution in [2.24, 2.45) is 0 Å². The Morgan fingerprint density at radius 2 is 1.68 bits per heavy atom. The molecule has 1 aliphatic heterocycles. The molecular weight excluding hydrogens is 324 g/mol. The molecule has 4 nitrogen and oxygen atoms in total. The molecule has 132 valence electrons. The second-order valence-electron chi connectivity index (χ2n) is 6.15. The third-order valence-electron chi connectivity index (χ3n) is 4.47. The Bertz CT molecular complexity index is 731. The maximum atomic E-state index is 13.4. The van der Waals surface area contributed by atoms with Gasteiger partial charge in [-0.15, -0.1) is 0 Å². The lowest BCUT2D eigenvalue weighted by atomic mass is 10.1. The Kier molecular flexibility index (Phi) is 5.16. The summed E-state index contributed by atoms with van der Waals surface area (Å²) in [7, 11) is 0. The van der Waals surface area contributed by atoms with E-state index in [1.165, 1.54) is 6.07 Å². The van der Waals surface area contributed by atoms with E-state index in [2.05, 4.69) is 5.32 Å². The maximum Gasteiger partial charge on any atom is 0.317 e. The van der Waals surface area contributed by atoms with Gasteiger partial charge in [0, 0.05) is 37.9 Å². The first kappa shape index (κ1) is 17.2. The highest BCUT2D eigenvalue weighted by atomic mass is 19.2. The van der Waals surface area contributed by atoms with E-state index in [1.54, 1.807) is 11.0 Å². The zero-order valence-electron chi connectivity index (χ0n) is 14.1. The predicted octanol–water partition coefficient (Wildman–Crippen LogP) is 3.56. The van der Waals surface area contributed by atoms with Crippen LogP contribution in [0.2, 0.25) is 0 Å². The van der Waals surface area contributed by atoms with Gasteiger partial charge in [0.15, 0.2) is 11.6 Å². The van der Waals surface area contributed by atoms with Crippen LogP contribution in [0.4, 0.5) is 19.3 Å². The molecule has 0 aliphatic carbocycles. The summed E-state index contributed by atoms with van der Waals surface area (Å²) in [5.74, 6) is -1.70. The number of hydrogen-bond acceptors (Lipinski definition) is 2. The van der Waals surface area contributed by atoms with Gasteiger partial charge in [-0.1, -0.05) is 30.3 Å². The zero-order valence-corrected chi connectivity index (χ0v) is 14.1. The number of halogens is 2. The van der Waals surface area contributed by atoms with E-state index in [9.17, 15) is 13.6 Å². The maximum absolute atomic E-state index is 13.4. The number of benzene rings is 2. The summed E-state index contributed by atoms with van der Waals surface area (Å²) >= 11 is 0. The molecule has 2 amide bonds. The summed E-state index contributed by atoms with van der Waals surface area (Å²) in [6.07, 6.45) is 0. The SMILES string of the molecule is CC(NC(=O)N1CCN(c2ccc(F)c(F)c2)CC1)c1ccccc1. The van der Waals surface area contributed by atoms with Crippen molar-refractivity contribution in [2.45, 2.75) is 13.0 Å². The van der Waals surface area contributed by atoms with Crippen molar-refractivity contribution >= 4 is 11.7 Å². The van der Waals surface area contributed by atoms with E-state index in [1.807, 2.05) is 42.2 Å². The van der Waals surface area contributed by atoms with Gasteiger partial charge in [-0.3, -0.25) is 0 Å². The van der Waals surface area contributed by atoms with Gasteiger partial charge in [0.05, 0.1) is 6.04 Å². The molecule has 6 heteroatoms. The molecule has 0 saturated carbocycles. The van der Waals surface area contributed by atoms with Gasteiger partial charge < -0.3 is 15.1 Å². The monoisotopic (exact) mass is 345 g/mol. The number of carbonyl (C=O) groups excluding carboxylic acids is 1. The number of nitrogens with one attached hydrogen (secondary N) is 1. The van der Waals surface area contributed by atoms with E-state index < -0.39 is 11.6 Å². The van der Waals surface area contributed by atoms with Crippen LogP contribution in [0.25, 0.3) is 0 Å². The van der Waals surface area contributed by atoms with E-state index in [0.29, 0.717) is 31.9 Å². The molecule has 1 saturated heterocycles. The van der Waals surface area contributed by atoms with Crippen LogP contribution < -0.4 is 10.2 Å². The number of carbonyl (C=O) groups is 1. The molecule has 2 aromatic carbocycles. The molecule has 2 aromatic rings. The lowest BCUT2D eigenvalue weighted by Gasteiger charge is -2.36. The summed E-state index contributed by atoms with van der Waals surface area (Å²) in [4.78, 5) is 16.1. The van der Waals surface area contributed by atoms with E-state index in [0.717, 1.165) is 11.6 Å². The summed E-state index contributed by atoms with van der Waals surface area (Å²) in [5.41, 5.74) is 1.69. The van der Waals surface area contributed by atoms with Crippen molar-refractivity contribution in [1.82, 2.24) is 10.2 Å². The second kappa shape index (κ2) is 7.51. The minimum Gasteiger partial charge on any atom is -0.368 e. The number of urea groups is 1. The molecule has 1 N–H and O–H groups in total. The number of anilines is 1. The van der Waals surface area contributed by atoms with Crippen molar-refractivity contribution in [2.75, 3.05) is 31.1 Å². The Labute approximate surface area is 146 Å². The fourth-order valence-corrected chi connectivity index (χ4v) is 2.95. The van der Waals surface area contributed by atoms with Crippen LogP contribution in [0.3, 0.4) is 0 Å². The molecule has 1 atom stereocenters. The lowest BCUT2D eigenvalue weighted by Crippen LogP contribution is -2.52. The Balaban J connectivity index is 1.54. The minimum absolute atomic E-state index is 0.0714. The molecule has 1 heterocycles. The minimum atomic E-state index is -0.852. The van der Waals surface area contributed by atoms with Crippen molar-refractivity contribution in [3.05, 3.63) is 65.7 Å². The van der Waals surface area contributed by atoms with E-state index >= 15 is 0 Å². The molecule has 3 rings (SSSR count). The van der Waals surface area contributed by atoms with Crippen LogP contribution in [-0.4, -0.2) is 37.1 Å². The first-order valence-electron chi connectivity index (χ1n) is 8.35. The summed E-state index contributed by atoms with van der Waals surface area (Å²) in [6, 6.07) is 13.5. The summed E-state index contributed by atoms with van der Waals surface area (Å²) in [6.45, 7) is 4.18. The van der Waals surface area contributed by atoms with Gasteiger partial charge >= 0.3 is 6.03 Å². The number of nitrogens with zero attached hydrogens (tertiary/aromatic N) is 2. The number of rotatable bonds is 3. The zero-order chi connectivity index (χ0) is 17.8. The number of hydrogen-bond donors (Lipinski definition) is 1. The molecule has 0 aromatic heterocycles. The van der Waals surface area contributed by atoms with Crippen LogP contribution in [0, 0.1) is 11.6 Å². The summed E-state index contributed by atoms with van der Waals surface area (Å²) in [5, 5.41) is 3.00. The molecule has 0 bridgehead atoms. The molecular formula is C19H21F2N3O. The predicted molar refractivity (Wildman–Crippen MR) is 93.5 cm³/mol. The Morgan fingerprint density at radius 3 is 2.32 bits per heavy atom. The van der Waals surface area contributed by atoms with E-state index in [4.69, 9.17) is 0 Å². The Hall–Kier alpha value is -2.63. The van der Waals surface area contributed by atoms with Crippen LogP contribution in [0.15, 0.2) is 48.5 Å². The van der Waals surface area contributed by atoms with Crippen LogP contribution in [0.1, 0.15) is 18.5 Å². The van der Waals surface area contributed by atoms with Crippen molar-refractivity contribution in [3.63, 3.8) is 0 Å². The van der Waals surface area contributed by atoms with Crippen LogP contribution in [-0.2, 0) is 0 Å². The van der Waals surface area contributed by atoms with Crippen molar-refractivity contribution in [1.29, 1.82) is 0 Å².